The third kappa shape index (κ3) is 5.60. The van der Waals surface area contributed by atoms with Crippen LogP contribution < -0.4 is 10.5 Å². The van der Waals surface area contributed by atoms with E-state index in [4.69, 9.17) is 5.14 Å². The zero-order valence-electron chi connectivity index (χ0n) is 16.8. The Kier molecular flexibility index (Phi) is 6.94. The lowest BCUT2D eigenvalue weighted by Gasteiger charge is -2.14. The number of anilines is 1. The Morgan fingerprint density at radius 2 is 1.94 bits per heavy atom. The number of thioether (sulfide) groups is 1. The number of aryl methyl sites for hydroxylation is 1. The van der Waals surface area contributed by atoms with Crippen molar-refractivity contribution < 1.29 is 18.0 Å². The van der Waals surface area contributed by atoms with Crippen LogP contribution in [0.4, 0.5) is 11.4 Å². The Labute approximate surface area is 185 Å². The monoisotopic (exact) mass is 458 g/mol. The van der Waals surface area contributed by atoms with E-state index in [1.165, 1.54) is 40.9 Å². The number of benzene rings is 2. The Morgan fingerprint density at radius 1 is 1.26 bits per heavy atom. The van der Waals surface area contributed by atoms with Crippen molar-refractivity contribution in [2.75, 3.05) is 11.9 Å². The Morgan fingerprint density at radius 3 is 2.55 bits per heavy atom. The second-order valence-electron chi connectivity index (χ2n) is 6.84. The summed E-state index contributed by atoms with van der Waals surface area (Å²) in [4.78, 5) is 31.2. The predicted molar refractivity (Wildman–Crippen MR) is 123 cm³/mol. The van der Waals surface area contributed by atoms with Crippen molar-refractivity contribution in [3.8, 4) is 0 Å². The lowest BCUT2D eigenvalue weighted by Crippen LogP contribution is -2.33. The molecule has 2 aromatic rings. The van der Waals surface area contributed by atoms with Gasteiger partial charge in [-0.15, -0.1) is 6.58 Å². The zero-order chi connectivity index (χ0) is 22.6. The van der Waals surface area contributed by atoms with E-state index in [0.29, 0.717) is 16.5 Å². The maximum absolute atomic E-state index is 12.8. The minimum absolute atomic E-state index is 0.00511. The van der Waals surface area contributed by atoms with E-state index in [0.717, 1.165) is 5.56 Å². The second-order valence-corrected chi connectivity index (χ2v) is 9.58. The fourth-order valence-electron chi connectivity index (χ4n) is 2.93. The number of carbonyl (C=O) groups excluding carboxylic acids is 2. The molecule has 0 saturated carbocycles. The summed E-state index contributed by atoms with van der Waals surface area (Å²) < 4.78 is 22.8. The summed E-state index contributed by atoms with van der Waals surface area (Å²) in [5, 5.41) is 7.75. The van der Waals surface area contributed by atoms with Gasteiger partial charge in [0.05, 0.1) is 10.6 Å². The molecular weight excluding hydrogens is 436 g/mol. The molecule has 10 heteroatoms. The molecule has 2 amide bonds. The number of nitrogens with one attached hydrogen (secondary N) is 1. The van der Waals surface area contributed by atoms with E-state index in [2.05, 4.69) is 16.9 Å². The summed E-state index contributed by atoms with van der Waals surface area (Å²) in [7, 11) is -3.80. The first-order valence-corrected chi connectivity index (χ1v) is 11.8. The molecule has 0 aromatic heterocycles. The van der Waals surface area contributed by atoms with Crippen LogP contribution in [0.25, 0.3) is 0 Å². The minimum atomic E-state index is -3.80. The molecule has 1 fully saturated rings. The molecule has 3 rings (SSSR count). The van der Waals surface area contributed by atoms with Crippen LogP contribution in [0.5, 0.6) is 0 Å². The van der Waals surface area contributed by atoms with Crippen molar-refractivity contribution in [3.05, 3.63) is 66.7 Å². The number of aliphatic imine (C=N–C) groups is 1. The van der Waals surface area contributed by atoms with Crippen LogP contribution in [0, 0.1) is 6.92 Å². The van der Waals surface area contributed by atoms with Gasteiger partial charge in [-0.25, -0.2) is 18.5 Å². The Bertz CT molecular complexity index is 1140. The topological polar surface area (TPSA) is 122 Å². The maximum atomic E-state index is 12.8. The summed E-state index contributed by atoms with van der Waals surface area (Å²) in [6, 6.07) is 13.1. The maximum Gasteiger partial charge on any atom is 0.242 e. The van der Waals surface area contributed by atoms with E-state index < -0.39 is 15.3 Å². The van der Waals surface area contributed by atoms with Crippen LogP contribution in [-0.4, -0.2) is 42.1 Å². The van der Waals surface area contributed by atoms with Gasteiger partial charge in [0.15, 0.2) is 5.17 Å². The molecule has 0 spiro atoms. The molecule has 2 aromatic carbocycles. The number of nitrogens with zero attached hydrogens (tertiary/aromatic N) is 2. The SMILES string of the molecule is C=CCN1C(=O)[C@@H](CC(=O)Nc2ccccc2C)SC1=Nc1ccc(S(N)(=O)=O)cc1. The molecule has 1 aliphatic heterocycles. The number of amides is 2. The van der Waals surface area contributed by atoms with Gasteiger partial charge in [0.2, 0.25) is 21.8 Å². The summed E-state index contributed by atoms with van der Waals surface area (Å²) in [5.41, 5.74) is 2.09. The fraction of sp³-hybridized carbons (Fsp3) is 0.190. The van der Waals surface area contributed by atoms with Gasteiger partial charge in [0.1, 0.15) is 5.25 Å². The summed E-state index contributed by atoms with van der Waals surface area (Å²) in [6.45, 7) is 5.81. The highest BCUT2D eigenvalue weighted by Crippen LogP contribution is 2.32. The van der Waals surface area contributed by atoms with Crippen molar-refractivity contribution in [1.82, 2.24) is 4.90 Å². The lowest BCUT2D eigenvalue weighted by atomic mass is 10.2. The molecule has 8 nitrogen and oxygen atoms in total. The van der Waals surface area contributed by atoms with Crippen molar-refractivity contribution >= 4 is 50.1 Å². The smallest absolute Gasteiger partial charge is 0.242 e. The Hall–Kier alpha value is -2.95. The number of hydrogen-bond donors (Lipinski definition) is 2. The third-order valence-corrected chi connectivity index (χ3v) is 6.62. The quantitative estimate of drug-likeness (QED) is 0.618. The van der Waals surface area contributed by atoms with Gasteiger partial charge in [0.25, 0.3) is 0 Å². The van der Waals surface area contributed by atoms with Crippen molar-refractivity contribution in [3.63, 3.8) is 0 Å². The van der Waals surface area contributed by atoms with Crippen LogP contribution >= 0.6 is 11.8 Å². The van der Waals surface area contributed by atoms with E-state index >= 15 is 0 Å². The summed E-state index contributed by atoms with van der Waals surface area (Å²) in [6.07, 6.45) is 1.57. The average Bonchev–Trinajstić information content (AvgIpc) is 2.98. The number of sulfonamides is 1. The van der Waals surface area contributed by atoms with Gasteiger partial charge in [-0.05, 0) is 42.8 Å². The number of rotatable bonds is 7. The standard InChI is InChI=1S/C21H22N4O4S2/c1-3-12-25-20(27)18(13-19(26)24-17-7-5-4-6-14(17)2)30-21(25)23-15-8-10-16(11-9-15)31(22,28)29/h3-11,18H,1,12-13H2,2H3,(H,24,26)(H2,22,28,29)/t18-/m1/s1. The molecule has 1 aliphatic rings. The van der Waals surface area contributed by atoms with Gasteiger partial charge < -0.3 is 5.32 Å². The van der Waals surface area contributed by atoms with E-state index in [1.54, 1.807) is 12.1 Å². The number of hydrogen-bond acceptors (Lipinski definition) is 6. The second kappa shape index (κ2) is 9.46. The molecule has 0 aliphatic carbocycles. The minimum Gasteiger partial charge on any atom is -0.326 e. The number of amidine groups is 1. The molecule has 0 radical (unpaired) electrons. The van der Waals surface area contributed by atoms with Gasteiger partial charge in [-0.3, -0.25) is 14.5 Å². The third-order valence-electron chi connectivity index (χ3n) is 4.51. The van der Waals surface area contributed by atoms with Crippen LogP contribution in [0.1, 0.15) is 12.0 Å². The number of para-hydroxylation sites is 1. The van der Waals surface area contributed by atoms with E-state index in [1.807, 2.05) is 25.1 Å². The first-order valence-electron chi connectivity index (χ1n) is 9.35. The summed E-state index contributed by atoms with van der Waals surface area (Å²) >= 11 is 1.19. The first-order chi connectivity index (χ1) is 14.7. The van der Waals surface area contributed by atoms with Crippen molar-refractivity contribution in [2.45, 2.75) is 23.5 Å². The number of carbonyl (C=O) groups is 2. The molecule has 3 N–H and O–H groups in total. The molecule has 1 heterocycles. The van der Waals surface area contributed by atoms with Crippen LogP contribution in [0.15, 0.2) is 71.1 Å². The normalized spacial score (nSPS) is 17.7. The first kappa shape index (κ1) is 22.7. The molecule has 162 valence electrons. The fourth-order valence-corrected chi connectivity index (χ4v) is 4.61. The van der Waals surface area contributed by atoms with Crippen LogP contribution in [0.3, 0.4) is 0 Å². The molecule has 1 saturated heterocycles. The number of nitrogens with two attached hydrogens (primary N) is 1. The van der Waals surface area contributed by atoms with E-state index in [9.17, 15) is 18.0 Å². The average molecular weight is 459 g/mol. The predicted octanol–water partition coefficient (Wildman–Crippen LogP) is 2.79. The largest absolute Gasteiger partial charge is 0.326 e. The highest BCUT2D eigenvalue weighted by atomic mass is 32.2. The van der Waals surface area contributed by atoms with Gasteiger partial charge in [0, 0.05) is 18.7 Å². The van der Waals surface area contributed by atoms with Gasteiger partial charge in [-0.2, -0.15) is 0 Å². The zero-order valence-corrected chi connectivity index (χ0v) is 18.4. The van der Waals surface area contributed by atoms with Gasteiger partial charge in [-0.1, -0.05) is 36.0 Å². The van der Waals surface area contributed by atoms with Crippen molar-refractivity contribution in [1.29, 1.82) is 0 Å². The molecule has 31 heavy (non-hydrogen) atoms. The highest BCUT2D eigenvalue weighted by molar-refractivity contribution is 8.15. The molecule has 1 atom stereocenters. The van der Waals surface area contributed by atoms with Crippen LogP contribution in [-0.2, 0) is 19.6 Å². The van der Waals surface area contributed by atoms with Crippen molar-refractivity contribution in [2.24, 2.45) is 10.1 Å². The highest BCUT2D eigenvalue weighted by Gasteiger charge is 2.38. The number of primary sulfonamides is 1. The Balaban J connectivity index is 1.77. The summed E-state index contributed by atoms with van der Waals surface area (Å²) in [5.74, 6) is -0.498. The molecule has 0 bridgehead atoms. The molecule has 0 unspecified atom stereocenters. The lowest BCUT2D eigenvalue weighted by molar-refractivity contribution is -0.127. The molecular formula is C21H22N4O4S2. The van der Waals surface area contributed by atoms with Gasteiger partial charge >= 0.3 is 0 Å². The van der Waals surface area contributed by atoms with Crippen LogP contribution in [0.2, 0.25) is 0 Å². The van der Waals surface area contributed by atoms with E-state index in [-0.39, 0.29) is 29.7 Å².